The Morgan fingerprint density at radius 3 is 2.12 bits per heavy atom. The summed E-state index contributed by atoms with van der Waals surface area (Å²) in [4.78, 5) is 0. The molecular weight excluding hydrogens is 206 g/mol. The van der Waals surface area contributed by atoms with Crippen LogP contribution in [0, 0.1) is 11.8 Å². The average Bonchev–Trinajstić information content (AvgIpc) is 2.25. The van der Waals surface area contributed by atoms with E-state index in [-0.39, 0.29) is 6.04 Å². The summed E-state index contributed by atoms with van der Waals surface area (Å²) in [6, 6.07) is 6.50. The predicted molar refractivity (Wildman–Crippen MR) is 75.1 cm³/mol. The SMILES string of the molecule is CC(N)C#Cc1ccc(C(C)C)cc1C(C)C. The quantitative estimate of drug-likeness (QED) is 0.770. The van der Waals surface area contributed by atoms with Gasteiger partial charge in [-0.2, -0.15) is 0 Å². The first-order chi connectivity index (χ1) is 7.91. The Labute approximate surface area is 105 Å². The summed E-state index contributed by atoms with van der Waals surface area (Å²) < 4.78 is 0. The lowest BCUT2D eigenvalue weighted by Gasteiger charge is -2.13. The summed E-state index contributed by atoms with van der Waals surface area (Å²) in [5, 5.41) is 0. The smallest absolute Gasteiger partial charge is 0.0639 e. The van der Waals surface area contributed by atoms with E-state index in [0.29, 0.717) is 11.8 Å². The van der Waals surface area contributed by atoms with Gasteiger partial charge in [0.2, 0.25) is 0 Å². The molecular formula is C16H23N. The van der Waals surface area contributed by atoms with Crippen LogP contribution in [0.25, 0.3) is 0 Å². The van der Waals surface area contributed by atoms with Gasteiger partial charge in [-0.05, 0) is 36.0 Å². The molecule has 0 heterocycles. The van der Waals surface area contributed by atoms with Gasteiger partial charge in [0.15, 0.2) is 0 Å². The Morgan fingerprint density at radius 1 is 1.00 bits per heavy atom. The zero-order valence-corrected chi connectivity index (χ0v) is 11.5. The van der Waals surface area contributed by atoms with E-state index in [1.165, 1.54) is 11.1 Å². The maximum atomic E-state index is 5.67. The van der Waals surface area contributed by atoms with Crippen molar-refractivity contribution >= 4 is 0 Å². The Kier molecular flexibility index (Phi) is 4.78. The second kappa shape index (κ2) is 5.89. The van der Waals surface area contributed by atoms with Gasteiger partial charge in [-0.25, -0.2) is 0 Å². The van der Waals surface area contributed by atoms with Crippen LogP contribution in [0.5, 0.6) is 0 Å². The topological polar surface area (TPSA) is 26.0 Å². The first kappa shape index (κ1) is 13.8. The molecule has 0 fully saturated rings. The van der Waals surface area contributed by atoms with Crippen molar-refractivity contribution in [3.63, 3.8) is 0 Å². The third kappa shape index (κ3) is 3.91. The molecule has 0 saturated carbocycles. The summed E-state index contributed by atoms with van der Waals surface area (Å²) in [6.07, 6.45) is 0. The van der Waals surface area contributed by atoms with Crippen molar-refractivity contribution in [3.8, 4) is 11.8 Å². The maximum Gasteiger partial charge on any atom is 0.0639 e. The highest BCUT2D eigenvalue weighted by atomic mass is 14.6. The standard InChI is InChI=1S/C16H23N/c1-11(2)15-9-8-14(7-6-13(5)17)16(10-15)12(3)4/h8-13H,17H2,1-5H3. The van der Waals surface area contributed by atoms with Crippen molar-refractivity contribution in [1.29, 1.82) is 0 Å². The van der Waals surface area contributed by atoms with Crippen molar-refractivity contribution in [3.05, 3.63) is 34.9 Å². The largest absolute Gasteiger partial charge is 0.318 e. The van der Waals surface area contributed by atoms with Crippen LogP contribution >= 0.6 is 0 Å². The van der Waals surface area contributed by atoms with E-state index in [1.807, 2.05) is 6.92 Å². The van der Waals surface area contributed by atoms with Gasteiger partial charge in [0, 0.05) is 5.56 Å². The molecule has 1 aromatic carbocycles. The molecule has 2 N–H and O–H groups in total. The molecule has 0 aliphatic carbocycles. The van der Waals surface area contributed by atoms with Crippen LogP contribution in [-0.2, 0) is 0 Å². The van der Waals surface area contributed by atoms with Gasteiger partial charge in [-0.15, -0.1) is 0 Å². The average molecular weight is 229 g/mol. The number of hydrogen-bond donors (Lipinski definition) is 1. The van der Waals surface area contributed by atoms with Crippen molar-refractivity contribution in [2.75, 3.05) is 0 Å². The van der Waals surface area contributed by atoms with Crippen LogP contribution in [0.4, 0.5) is 0 Å². The summed E-state index contributed by atoms with van der Waals surface area (Å²) >= 11 is 0. The van der Waals surface area contributed by atoms with Crippen LogP contribution < -0.4 is 5.73 Å². The van der Waals surface area contributed by atoms with Gasteiger partial charge in [-0.1, -0.05) is 51.7 Å². The summed E-state index contributed by atoms with van der Waals surface area (Å²) in [5.74, 6) is 7.27. The number of rotatable bonds is 2. The van der Waals surface area contributed by atoms with Crippen LogP contribution in [0.3, 0.4) is 0 Å². The molecule has 17 heavy (non-hydrogen) atoms. The van der Waals surface area contributed by atoms with E-state index in [0.717, 1.165) is 5.56 Å². The van der Waals surface area contributed by atoms with E-state index in [4.69, 9.17) is 5.73 Å². The lowest BCUT2D eigenvalue weighted by Crippen LogP contribution is -2.11. The number of benzene rings is 1. The van der Waals surface area contributed by atoms with Crippen LogP contribution in [0.15, 0.2) is 18.2 Å². The van der Waals surface area contributed by atoms with Gasteiger partial charge >= 0.3 is 0 Å². The van der Waals surface area contributed by atoms with Gasteiger partial charge in [0.05, 0.1) is 6.04 Å². The molecule has 1 heteroatoms. The molecule has 1 atom stereocenters. The molecule has 1 nitrogen and oxygen atoms in total. The lowest BCUT2D eigenvalue weighted by atomic mass is 9.92. The molecule has 0 spiro atoms. The predicted octanol–water partition coefficient (Wildman–Crippen LogP) is 3.63. The number of hydrogen-bond acceptors (Lipinski definition) is 1. The number of nitrogens with two attached hydrogens (primary N) is 1. The lowest BCUT2D eigenvalue weighted by molar-refractivity contribution is 0.831. The molecule has 0 bridgehead atoms. The highest BCUT2D eigenvalue weighted by Crippen LogP contribution is 2.24. The zero-order valence-electron chi connectivity index (χ0n) is 11.5. The molecule has 0 aliphatic heterocycles. The van der Waals surface area contributed by atoms with E-state index < -0.39 is 0 Å². The van der Waals surface area contributed by atoms with E-state index in [1.54, 1.807) is 0 Å². The van der Waals surface area contributed by atoms with Crippen molar-refractivity contribution in [2.45, 2.75) is 52.5 Å². The highest BCUT2D eigenvalue weighted by Gasteiger charge is 2.08. The zero-order chi connectivity index (χ0) is 13.0. The fourth-order valence-electron chi connectivity index (χ4n) is 1.72. The second-order valence-electron chi connectivity index (χ2n) is 5.21. The van der Waals surface area contributed by atoms with Crippen LogP contribution in [-0.4, -0.2) is 6.04 Å². The molecule has 92 valence electrons. The molecule has 1 rings (SSSR count). The fourth-order valence-corrected chi connectivity index (χ4v) is 1.72. The van der Waals surface area contributed by atoms with Gasteiger partial charge in [0.1, 0.15) is 0 Å². The molecule has 0 amide bonds. The Balaban J connectivity index is 3.19. The third-order valence-electron chi connectivity index (χ3n) is 2.80. The molecule has 1 unspecified atom stereocenters. The summed E-state index contributed by atoms with van der Waals surface area (Å²) in [7, 11) is 0. The van der Waals surface area contributed by atoms with Crippen molar-refractivity contribution < 1.29 is 0 Å². The fraction of sp³-hybridized carbons (Fsp3) is 0.500. The normalized spacial score (nSPS) is 12.5. The monoisotopic (exact) mass is 229 g/mol. The second-order valence-corrected chi connectivity index (χ2v) is 5.21. The molecule has 1 aromatic rings. The molecule has 0 radical (unpaired) electrons. The maximum absolute atomic E-state index is 5.67. The molecule has 0 aromatic heterocycles. The van der Waals surface area contributed by atoms with E-state index >= 15 is 0 Å². The first-order valence-electron chi connectivity index (χ1n) is 6.32. The van der Waals surface area contributed by atoms with Gasteiger partial charge in [-0.3, -0.25) is 0 Å². The van der Waals surface area contributed by atoms with E-state index in [2.05, 4.69) is 57.7 Å². The molecule has 0 saturated heterocycles. The van der Waals surface area contributed by atoms with Gasteiger partial charge in [0.25, 0.3) is 0 Å². The highest BCUT2D eigenvalue weighted by molar-refractivity contribution is 5.46. The minimum atomic E-state index is -0.0696. The minimum Gasteiger partial charge on any atom is -0.318 e. The van der Waals surface area contributed by atoms with Crippen molar-refractivity contribution in [2.24, 2.45) is 5.73 Å². The Morgan fingerprint density at radius 2 is 1.65 bits per heavy atom. The summed E-state index contributed by atoms with van der Waals surface area (Å²) in [5.41, 5.74) is 9.48. The minimum absolute atomic E-state index is 0.0696. The van der Waals surface area contributed by atoms with Crippen LogP contribution in [0.1, 0.15) is 63.1 Å². The van der Waals surface area contributed by atoms with Crippen LogP contribution in [0.2, 0.25) is 0 Å². The Hall–Kier alpha value is -1.26. The van der Waals surface area contributed by atoms with Crippen molar-refractivity contribution in [1.82, 2.24) is 0 Å². The van der Waals surface area contributed by atoms with E-state index in [9.17, 15) is 0 Å². The summed E-state index contributed by atoms with van der Waals surface area (Å²) in [6.45, 7) is 10.7. The first-order valence-corrected chi connectivity index (χ1v) is 6.32. The van der Waals surface area contributed by atoms with Gasteiger partial charge < -0.3 is 5.73 Å². The third-order valence-corrected chi connectivity index (χ3v) is 2.80. The Bertz CT molecular complexity index is 431. The molecule has 0 aliphatic rings.